The van der Waals surface area contributed by atoms with Crippen molar-refractivity contribution < 1.29 is 18.3 Å². The number of hydrogen-bond donors (Lipinski definition) is 4. The SMILES string of the molecule is N#CNC1=NC(c2cc(Cl)cc(Cl)c2OC(=O)c2c(F)cccc2F)c2c(nc(N)c(C#N)c2N)N1. The number of halogens is 4. The van der Waals surface area contributed by atoms with E-state index < -0.39 is 29.2 Å². The summed E-state index contributed by atoms with van der Waals surface area (Å²) in [5.41, 5.74) is 11.0. The van der Waals surface area contributed by atoms with Crippen molar-refractivity contribution in [3.8, 4) is 18.0 Å². The molecule has 1 aliphatic heterocycles. The van der Waals surface area contributed by atoms with Gasteiger partial charge in [-0.3, -0.25) is 5.32 Å². The number of nitrogens with zero attached hydrogens (tertiary/aromatic N) is 4. The van der Waals surface area contributed by atoms with Crippen LogP contribution in [0.3, 0.4) is 0 Å². The normalized spacial score (nSPS) is 13.9. The van der Waals surface area contributed by atoms with Gasteiger partial charge in [0.2, 0.25) is 5.96 Å². The lowest BCUT2D eigenvalue weighted by Crippen LogP contribution is -2.33. The molecule has 180 valence electrons. The molecule has 0 bridgehead atoms. The van der Waals surface area contributed by atoms with Gasteiger partial charge in [-0.2, -0.15) is 10.5 Å². The number of carbonyl (C=O) groups is 1. The highest BCUT2D eigenvalue weighted by Crippen LogP contribution is 2.46. The molecule has 2 heterocycles. The number of esters is 1. The topological polar surface area (TPSA) is 175 Å². The van der Waals surface area contributed by atoms with Gasteiger partial charge in [0.1, 0.15) is 46.5 Å². The average molecular weight is 529 g/mol. The van der Waals surface area contributed by atoms with Crippen LogP contribution in [0.1, 0.15) is 33.1 Å². The monoisotopic (exact) mass is 528 g/mol. The molecular formula is C22H12Cl2F2N8O2. The fourth-order valence-electron chi connectivity index (χ4n) is 3.53. The van der Waals surface area contributed by atoms with E-state index in [2.05, 4.69) is 20.6 Å². The number of rotatable bonds is 3. The van der Waals surface area contributed by atoms with E-state index in [4.69, 9.17) is 44.7 Å². The molecule has 0 aliphatic carbocycles. The van der Waals surface area contributed by atoms with Crippen LogP contribution in [0.15, 0.2) is 35.3 Å². The van der Waals surface area contributed by atoms with Gasteiger partial charge in [0.25, 0.3) is 0 Å². The Morgan fingerprint density at radius 3 is 2.53 bits per heavy atom. The van der Waals surface area contributed by atoms with Gasteiger partial charge in [-0.15, -0.1) is 0 Å². The number of benzene rings is 2. The lowest BCUT2D eigenvalue weighted by Gasteiger charge is -2.27. The first-order valence-corrected chi connectivity index (χ1v) is 10.6. The van der Waals surface area contributed by atoms with E-state index in [1.165, 1.54) is 12.1 Å². The van der Waals surface area contributed by atoms with Crippen LogP contribution in [-0.4, -0.2) is 16.9 Å². The second-order valence-corrected chi connectivity index (χ2v) is 8.04. The van der Waals surface area contributed by atoms with Crippen LogP contribution < -0.4 is 26.8 Å². The second-order valence-electron chi connectivity index (χ2n) is 7.19. The number of ether oxygens (including phenoxy) is 1. The Balaban J connectivity index is 1.94. The van der Waals surface area contributed by atoms with Gasteiger partial charge in [-0.05, 0) is 24.3 Å². The van der Waals surface area contributed by atoms with Gasteiger partial charge in [0.05, 0.1) is 10.7 Å². The molecule has 1 aromatic heterocycles. The van der Waals surface area contributed by atoms with E-state index >= 15 is 0 Å². The number of fused-ring (bicyclic) bond motifs is 1. The number of hydrogen-bond acceptors (Lipinski definition) is 10. The molecule has 14 heteroatoms. The highest BCUT2D eigenvalue weighted by atomic mass is 35.5. The summed E-state index contributed by atoms with van der Waals surface area (Å²) < 4.78 is 33.7. The number of carbonyl (C=O) groups excluding carboxylic acids is 1. The summed E-state index contributed by atoms with van der Waals surface area (Å²) in [6.07, 6.45) is 1.69. The molecular weight excluding hydrogens is 517 g/mol. The van der Waals surface area contributed by atoms with Gasteiger partial charge in [-0.1, -0.05) is 29.3 Å². The Morgan fingerprint density at radius 1 is 1.19 bits per heavy atom. The molecule has 1 aliphatic rings. The number of guanidine groups is 1. The molecule has 1 atom stereocenters. The summed E-state index contributed by atoms with van der Waals surface area (Å²) in [5, 5.41) is 23.5. The maximum absolute atomic E-state index is 14.2. The Bertz CT molecular complexity index is 1530. The molecule has 0 saturated heterocycles. The van der Waals surface area contributed by atoms with Crippen molar-refractivity contribution in [1.82, 2.24) is 10.3 Å². The highest BCUT2D eigenvalue weighted by molar-refractivity contribution is 6.36. The quantitative estimate of drug-likeness (QED) is 0.170. The largest absolute Gasteiger partial charge is 0.421 e. The van der Waals surface area contributed by atoms with E-state index in [0.717, 1.165) is 18.2 Å². The smallest absolute Gasteiger partial charge is 0.349 e. The fraction of sp³-hybridized carbons (Fsp3) is 0.0455. The zero-order chi connectivity index (χ0) is 26.1. The summed E-state index contributed by atoms with van der Waals surface area (Å²) >= 11 is 12.5. The minimum atomic E-state index is -1.38. The van der Waals surface area contributed by atoms with Gasteiger partial charge < -0.3 is 21.5 Å². The molecule has 0 fully saturated rings. The molecule has 6 N–H and O–H groups in total. The van der Waals surface area contributed by atoms with Crippen LogP contribution in [0.2, 0.25) is 10.0 Å². The van der Waals surface area contributed by atoms with E-state index in [1.54, 1.807) is 6.19 Å². The number of nitrogens with two attached hydrogens (primary N) is 2. The predicted molar refractivity (Wildman–Crippen MR) is 127 cm³/mol. The van der Waals surface area contributed by atoms with E-state index in [9.17, 15) is 18.8 Å². The van der Waals surface area contributed by atoms with Crippen LogP contribution in [0.25, 0.3) is 0 Å². The minimum Gasteiger partial charge on any atom is -0.421 e. The third kappa shape index (κ3) is 4.27. The summed E-state index contributed by atoms with van der Waals surface area (Å²) in [6.45, 7) is 0. The third-order valence-electron chi connectivity index (χ3n) is 5.05. The van der Waals surface area contributed by atoms with Gasteiger partial charge in [0.15, 0.2) is 11.9 Å². The number of aliphatic imine (C=N–C) groups is 1. The Morgan fingerprint density at radius 2 is 1.89 bits per heavy atom. The first-order valence-electron chi connectivity index (χ1n) is 9.80. The van der Waals surface area contributed by atoms with Crippen LogP contribution >= 0.6 is 23.2 Å². The van der Waals surface area contributed by atoms with E-state index in [-0.39, 0.29) is 55.8 Å². The van der Waals surface area contributed by atoms with Crippen molar-refractivity contribution in [2.45, 2.75) is 6.04 Å². The molecule has 0 spiro atoms. The molecule has 2 aromatic carbocycles. The van der Waals surface area contributed by atoms with E-state index in [1.807, 2.05) is 6.07 Å². The number of nitrogens with one attached hydrogen (secondary N) is 2. The number of nitriles is 2. The summed E-state index contributed by atoms with van der Waals surface area (Å²) in [4.78, 5) is 21.2. The molecule has 4 rings (SSSR count). The third-order valence-corrected chi connectivity index (χ3v) is 5.55. The van der Waals surface area contributed by atoms with Gasteiger partial charge >= 0.3 is 5.97 Å². The number of aromatic nitrogens is 1. The maximum atomic E-state index is 14.2. The molecule has 1 unspecified atom stereocenters. The van der Waals surface area contributed by atoms with E-state index in [0.29, 0.717) is 0 Å². The Labute approximate surface area is 211 Å². The van der Waals surface area contributed by atoms with Gasteiger partial charge in [-0.25, -0.2) is 23.6 Å². The van der Waals surface area contributed by atoms with Crippen molar-refractivity contribution in [3.05, 3.63) is 74.3 Å². The second kappa shape index (κ2) is 9.54. The standard InChI is InChI=1S/C22H12Cl2F2N8O2/c23-8-4-9(18(11(24)5-8)36-21(35)14-12(25)2-1-3-13(14)26)17-15-16(29)10(6-27)19(30)33-20(15)34-22(32-17)31-7-28/h1-5,17H,(H6,29,30,31,32,33,34). The van der Waals surface area contributed by atoms with Crippen molar-refractivity contribution >= 4 is 52.5 Å². The minimum absolute atomic E-state index is 0.0137. The number of pyridine rings is 1. The molecule has 10 nitrogen and oxygen atoms in total. The van der Waals surface area contributed by atoms with Crippen LogP contribution in [0.4, 0.5) is 26.1 Å². The molecule has 36 heavy (non-hydrogen) atoms. The molecule has 0 amide bonds. The zero-order valence-electron chi connectivity index (χ0n) is 17.7. The van der Waals surface area contributed by atoms with Crippen molar-refractivity contribution in [3.63, 3.8) is 0 Å². The van der Waals surface area contributed by atoms with Crippen LogP contribution in [0, 0.1) is 34.4 Å². The summed E-state index contributed by atoms with van der Waals surface area (Å²) in [5.74, 6) is -4.29. The lowest BCUT2D eigenvalue weighted by atomic mass is 9.94. The summed E-state index contributed by atoms with van der Waals surface area (Å²) in [7, 11) is 0. The molecule has 0 saturated carbocycles. The summed E-state index contributed by atoms with van der Waals surface area (Å²) in [6, 6.07) is 6.05. The van der Waals surface area contributed by atoms with Crippen LogP contribution in [0.5, 0.6) is 5.75 Å². The lowest BCUT2D eigenvalue weighted by molar-refractivity contribution is 0.0723. The first-order chi connectivity index (χ1) is 17.2. The van der Waals surface area contributed by atoms with Gasteiger partial charge in [0, 0.05) is 16.1 Å². The van der Waals surface area contributed by atoms with Crippen molar-refractivity contribution in [2.75, 3.05) is 16.8 Å². The van der Waals surface area contributed by atoms with Crippen LogP contribution in [-0.2, 0) is 0 Å². The Hall–Kier alpha value is -4.65. The highest BCUT2D eigenvalue weighted by Gasteiger charge is 2.33. The average Bonchev–Trinajstić information content (AvgIpc) is 2.80. The zero-order valence-corrected chi connectivity index (χ0v) is 19.2. The number of anilines is 3. The molecule has 0 radical (unpaired) electrons. The predicted octanol–water partition coefficient (Wildman–Crippen LogP) is 3.86. The first kappa shape index (κ1) is 24.5. The maximum Gasteiger partial charge on any atom is 0.349 e. The van der Waals surface area contributed by atoms with Crippen molar-refractivity contribution in [1.29, 1.82) is 10.5 Å². The Kier molecular flexibility index (Phi) is 6.49. The van der Waals surface area contributed by atoms with Crippen molar-refractivity contribution in [2.24, 2.45) is 4.99 Å². The fourth-order valence-corrected chi connectivity index (χ4v) is 4.08. The number of nitrogen functional groups attached to an aromatic ring is 2. The molecule has 3 aromatic rings.